The molecule has 8 heteroatoms. The van der Waals surface area contributed by atoms with Gasteiger partial charge >= 0.3 is 6.09 Å². The maximum absolute atomic E-state index is 13.8. The maximum Gasteiger partial charge on any atom is 0.408 e. The van der Waals surface area contributed by atoms with Crippen LogP contribution in [0.2, 0.25) is 0 Å². The van der Waals surface area contributed by atoms with Crippen LogP contribution < -0.4 is 10.6 Å². The summed E-state index contributed by atoms with van der Waals surface area (Å²) in [5.41, 5.74) is 0.816. The van der Waals surface area contributed by atoms with Crippen molar-refractivity contribution in [2.75, 3.05) is 19.7 Å². The first-order valence-corrected chi connectivity index (χ1v) is 12.1. The summed E-state index contributed by atoms with van der Waals surface area (Å²) < 4.78 is 5.37. The summed E-state index contributed by atoms with van der Waals surface area (Å²) in [6.07, 6.45) is 1.40. The van der Waals surface area contributed by atoms with Crippen LogP contribution in [0.3, 0.4) is 0 Å². The first kappa shape index (κ1) is 29.4. The molecular formula is C26H43N3O5. The molecule has 0 aliphatic carbocycles. The van der Waals surface area contributed by atoms with Crippen molar-refractivity contribution in [3.8, 4) is 0 Å². The molecule has 192 valence electrons. The van der Waals surface area contributed by atoms with Crippen molar-refractivity contribution < 1.29 is 24.2 Å². The third-order valence-electron chi connectivity index (χ3n) is 5.19. The minimum Gasteiger partial charge on any atom is -0.444 e. The van der Waals surface area contributed by atoms with Gasteiger partial charge in [-0.3, -0.25) is 9.59 Å². The van der Waals surface area contributed by atoms with E-state index in [1.165, 1.54) is 4.90 Å². The van der Waals surface area contributed by atoms with Gasteiger partial charge in [0, 0.05) is 13.1 Å². The highest BCUT2D eigenvalue weighted by atomic mass is 16.6. The molecule has 34 heavy (non-hydrogen) atoms. The number of carbonyl (C=O) groups is 3. The lowest BCUT2D eigenvalue weighted by atomic mass is 9.96. The van der Waals surface area contributed by atoms with E-state index in [1.807, 2.05) is 52.0 Å². The Kier molecular flexibility index (Phi) is 12.1. The van der Waals surface area contributed by atoms with E-state index in [9.17, 15) is 19.5 Å². The second kappa shape index (κ2) is 13.9. The second-order valence-corrected chi connectivity index (χ2v) is 9.99. The van der Waals surface area contributed by atoms with Gasteiger partial charge in [-0.2, -0.15) is 0 Å². The molecule has 0 aromatic heterocycles. The fourth-order valence-electron chi connectivity index (χ4n) is 3.65. The van der Waals surface area contributed by atoms with Gasteiger partial charge in [0.1, 0.15) is 17.7 Å². The van der Waals surface area contributed by atoms with Crippen molar-refractivity contribution in [3.63, 3.8) is 0 Å². The molecule has 0 bridgehead atoms. The Labute approximate surface area is 204 Å². The van der Waals surface area contributed by atoms with Crippen molar-refractivity contribution >= 4 is 17.9 Å². The van der Waals surface area contributed by atoms with Gasteiger partial charge in [0.2, 0.25) is 11.8 Å². The average molecular weight is 478 g/mol. The summed E-state index contributed by atoms with van der Waals surface area (Å²) in [5, 5.41) is 15.4. The highest BCUT2D eigenvalue weighted by molar-refractivity contribution is 5.92. The van der Waals surface area contributed by atoms with Crippen LogP contribution in [0.4, 0.5) is 4.79 Å². The molecule has 0 saturated heterocycles. The molecule has 3 amide bonds. The molecule has 0 spiro atoms. The number of hydrogen-bond acceptors (Lipinski definition) is 5. The Morgan fingerprint density at radius 1 is 1.15 bits per heavy atom. The predicted molar refractivity (Wildman–Crippen MR) is 133 cm³/mol. The van der Waals surface area contributed by atoms with Gasteiger partial charge in [-0.05, 0) is 57.6 Å². The number of nitrogens with one attached hydrogen (secondary N) is 2. The summed E-state index contributed by atoms with van der Waals surface area (Å²) in [4.78, 5) is 41.0. The van der Waals surface area contributed by atoms with E-state index in [-0.39, 0.29) is 25.0 Å². The van der Waals surface area contributed by atoms with E-state index >= 15 is 0 Å². The third-order valence-corrected chi connectivity index (χ3v) is 5.19. The molecule has 3 N–H and O–H groups in total. The predicted octanol–water partition coefficient (Wildman–Crippen LogP) is 3.71. The summed E-state index contributed by atoms with van der Waals surface area (Å²) in [5.74, 6) is -0.659. The van der Waals surface area contributed by atoms with E-state index < -0.39 is 29.7 Å². The lowest BCUT2D eigenvalue weighted by molar-refractivity contribution is -0.143. The molecular weight excluding hydrogens is 434 g/mol. The van der Waals surface area contributed by atoms with Gasteiger partial charge in [0.25, 0.3) is 0 Å². The highest BCUT2D eigenvalue weighted by Gasteiger charge is 2.36. The molecule has 0 fully saturated rings. The van der Waals surface area contributed by atoms with E-state index in [0.29, 0.717) is 18.5 Å². The zero-order valence-corrected chi connectivity index (χ0v) is 21.8. The van der Waals surface area contributed by atoms with Gasteiger partial charge in [-0.15, -0.1) is 0 Å². The van der Waals surface area contributed by atoms with E-state index in [0.717, 1.165) is 18.4 Å². The zero-order chi connectivity index (χ0) is 25.9. The van der Waals surface area contributed by atoms with Crippen molar-refractivity contribution in [2.24, 2.45) is 5.92 Å². The van der Waals surface area contributed by atoms with Crippen LogP contribution in [0.5, 0.6) is 0 Å². The van der Waals surface area contributed by atoms with Crippen molar-refractivity contribution in [3.05, 3.63) is 35.4 Å². The van der Waals surface area contributed by atoms with Crippen LogP contribution in [0.1, 0.15) is 78.0 Å². The number of aliphatic hydroxyl groups excluding tert-OH is 1. The van der Waals surface area contributed by atoms with E-state index in [4.69, 9.17) is 4.74 Å². The Hall–Kier alpha value is -2.61. The fourth-order valence-corrected chi connectivity index (χ4v) is 3.65. The standard InChI is InChI=1S/C26H43N3O5/c1-8-9-14-27-23(31)22(20-13-11-10-12-19(20)4)29(15-16-30)24(32)21(17-18(2)3)28-25(33)34-26(5,6)7/h10-13,18,21-22,30H,8-9,14-17H2,1-7H3,(H,27,31)(H,28,33). The normalized spacial score (nSPS) is 13.2. The van der Waals surface area contributed by atoms with Gasteiger partial charge in [-0.25, -0.2) is 4.79 Å². The lowest BCUT2D eigenvalue weighted by Crippen LogP contribution is -2.54. The summed E-state index contributed by atoms with van der Waals surface area (Å²) >= 11 is 0. The van der Waals surface area contributed by atoms with Crippen LogP contribution in [0.25, 0.3) is 0 Å². The number of aryl methyl sites for hydroxylation is 1. The van der Waals surface area contributed by atoms with E-state index in [1.54, 1.807) is 20.8 Å². The van der Waals surface area contributed by atoms with Crippen molar-refractivity contribution in [1.82, 2.24) is 15.5 Å². The SMILES string of the molecule is CCCCNC(=O)C(c1ccccc1C)N(CCO)C(=O)C(CC(C)C)NC(=O)OC(C)(C)C. The number of unbranched alkanes of at least 4 members (excludes halogenated alkanes) is 1. The first-order valence-electron chi connectivity index (χ1n) is 12.1. The summed E-state index contributed by atoms with van der Waals surface area (Å²) in [6.45, 7) is 13.2. The zero-order valence-electron chi connectivity index (χ0n) is 21.8. The quantitative estimate of drug-likeness (QED) is 0.398. The van der Waals surface area contributed by atoms with Gasteiger partial charge < -0.3 is 25.4 Å². The third kappa shape index (κ3) is 9.71. The molecule has 0 aliphatic rings. The van der Waals surface area contributed by atoms with Crippen LogP contribution >= 0.6 is 0 Å². The topological polar surface area (TPSA) is 108 Å². The molecule has 1 rings (SSSR count). The number of aliphatic hydroxyl groups is 1. The number of hydrogen-bond donors (Lipinski definition) is 3. The molecule has 1 aromatic carbocycles. The number of rotatable bonds is 12. The molecule has 0 radical (unpaired) electrons. The summed E-state index contributed by atoms with van der Waals surface area (Å²) in [7, 11) is 0. The van der Waals surface area contributed by atoms with Gasteiger partial charge in [0.05, 0.1) is 6.61 Å². The van der Waals surface area contributed by atoms with Crippen LogP contribution in [0.15, 0.2) is 24.3 Å². The van der Waals surface area contributed by atoms with Crippen molar-refractivity contribution in [1.29, 1.82) is 0 Å². The number of nitrogens with zero attached hydrogens (tertiary/aromatic N) is 1. The smallest absolute Gasteiger partial charge is 0.408 e. The van der Waals surface area contributed by atoms with Gasteiger partial charge in [0.15, 0.2) is 0 Å². The largest absolute Gasteiger partial charge is 0.444 e. The monoisotopic (exact) mass is 477 g/mol. The Morgan fingerprint density at radius 3 is 2.32 bits per heavy atom. The molecule has 0 aliphatic heterocycles. The van der Waals surface area contributed by atoms with E-state index in [2.05, 4.69) is 10.6 Å². The molecule has 8 nitrogen and oxygen atoms in total. The minimum absolute atomic E-state index is 0.0520. The average Bonchev–Trinajstić information content (AvgIpc) is 2.72. The summed E-state index contributed by atoms with van der Waals surface area (Å²) in [6, 6.07) is 5.54. The van der Waals surface area contributed by atoms with Crippen LogP contribution in [-0.4, -0.2) is 59.3 Å². The number of alkyl carbamates (subject to hydrolysis) is 1. The highest BCUT2D eigenvalue weighted by Crippen LogP contribution is 2.26. The van der Waals surface area contributed by atoms with Crippen molar-refractivity contribution in [2.45, 2.75) is 85.4 Å². The number of benzene rings is 1. The number of ether oxygens (including phenoxy) is 1. The van der Waals surface area contributed by atoms with Crippen LogP contribution in [0, 0.1) is 12.8 Å². The maximum atomic E-state index is 13.8. The molecule has 0 heterocycles. The Bertz CT molecular complexity index is 804. The first-order chi connectivity index (χ1) is 15.9. The van der Waals surface area contributed by atoms with Crippen LogP contribution in [-0.2, 0) is 14.3 Å². The molecule has 2 atom stereocenters. The minimum atomic E-state index is -0.937. The number of carbonyl (C=O) groups excluding carboxylic acids is 3. The molecule has 0 saturated carbocycles. The second-order valence-electron chi connectivity index (χ2n) is 9.99. The van der Waals surface area contributed by atoms with Gasteiger partial charge in [-0.1, -0.05) is 51.5 Å². The molecule has 2 unspecified atom stereocenters. The Balaban J connectivity index is 3.38. The lowest BCUT2D eigenvalue weighted by Gasteiger charge is -2.35. The fraction of sp³-hybridized carbons (Fsp3) is 0.654. The Morgan fingerprint density at radius 2 is 1.79 bits per heavy atom. The molecule has 1 aromatic rings. The number of amides is 3.